The summed E-state index contributed by atoms with van der Waals surface area (Å²) in [6, 6.07) is 9.91. The molecule has 1 saturated heterocycles. The summed E-state index contributed by atoms with van der Waals surface area (Å²) in [5, 5.41) is 2.76. The van der Waals surface area contributed by atoms with E-state index in [1.54, 1.807) is 17.0 Å². The van der Waals surface area contributed by atoms with Crippen LogP contribution in [0.15, 0.2) is 47.4 Å². The highest BCUT2D eigenvalue weighted by atomic mass is 32.2. The maximum atomic E-state index is 13.1. The zero-order valence-electron chi connectivity index (χ0n) is 16.0. The molecule has 0 aliphatic carbocycles. The molecule has 2 aromatic carbocycles. The molecule has 2 aromatic rings. The third-order valence-corrected chi connectivity index (χ3v) is 6.65. The van der Waals surface area contributed by atoms with Gasteiger partial charge in [0.2, 0.25) is 10.0 Å². The minimum absolute atomic E-state index is 0.148. The first-order valence-electron chi connectivity index (χ1n) is 9.17. The van der Waals surface area contributed by atoms with Crippen LogP contribution in [0.5, 0.6) is 0 Å². The van der Waals surface area contributed by atoms with Crippen LogP contribution in [0.3, 0.4) is 0 Å². The summed E-state index contributed by atoms with van der Waals surface area (Å²) in [6.07, 6.45) is 2.73. The molecule has 28 heavy (non-hydrogen) atoms. The molecular formula is C20H24FN3O3S. The molecule has 1 amide bonds. The van der Waals surface area contributed by atoms with E-state index in [1.165, 1.54) is 34.6 Å². The molecule has 3 rings (SSSR count). The highest BCUT2D eigenvalue weighted by Gasteiger charge is 2.27. The maximum absolute atomic E-state index is 13.1. The molecule has 1 fully saturated rings. The lowest BCUT2D eigenvalue weighted by molar-refractivity contribution is 0.102. The van der Waals surface area contributed by atoms with Gasteiger partial charge in [-0.15, -0.1) is 0 Å². The molecule has 1 N–H and O–H groups in total. The number of amides is 1. The van der Waals surface area contributed by atoms with E-state index in [-0.39, 0.29) is 10.5 Å². The van der Waals surface area contributed by atoms with Crippen LogP contribution in [0.2, 0.25) is 0 Å². The number of hydrogen-bond acceptors (Lipinski definition) is 4. The number of rotatable bonds is 5. The van der Waals surface area contributed by atoms with Crippen LogP contribution in [0.1, 0.15) is 29.6 Å². The first-order valence-corrected chi connectivity index (χ1v) is 10.6. The van der Waals surface area contributed by atoms with Crippen LogP contribution in [0.4, 0.5) is 15.8 Å². The number of benzene rings is 2. The highest BCUT2D eigenvalue weighted by molar-refractivity contribution is 7.89. The lowest BCUT2D eigenvalue weighted by Crippen LogP contribution is -2.35. The Morgan fingerprint density at radius 1 is 1.04 bits per heavy atom. The quantitative estimate of drug-likeness (QED) is 0.829. The fourth-order valence-corrected chi connectivity index (χ4v) is 4.76. The van der Waals surface area contributed by atoms with Gasteiger partial charge in [-0.05, 0) is 55.3 Å². The van der Waals surface area contributed by atoms with Crippen molar-refractivity contribution in [3.05, 3.63) is 53.8 Å². The number of piperidine rings is 1. The molecule has 0 saturated carbocycles. The maximum Gasteiger partial charge on any atom is 0.255 e. The minimum Gasteiger partial charge on any atom is -0.376 e. The van der Waals surface area contributed by atoms with Crippen molar-refractivity contribution in [3.63, 3.8) is 0 Å². The number of anilines is 2. The number of nitrogens with zero attached hydrogens (tertiary/aromatic N) is 2. The van der Waals surface area contributed by atoms with E-state index in [1.807, 2.05) is 14.1 Å². The second-order valence-corrected chi connectivity index (χ2v) is 8.94. The smallest absolute Gasteiger partial charge is 0.255 e. The molecule has 150 valence electrons. The largest absolute Gasteiger partial charge is 0.376 e. The molecule has 1 aliphatic rings. The lowest BCUT2D eigenvalue weighted by atomic mass is 10.2. The van der Waals surface area contributed by atoms with E-state index < -0.39 is 21.7 Å². The molecule has 0 radical (unpaired) electrons. The van der Waals surface area contributed by atoms with Crippen LogP contribution in [0, 0.1) is 5.82 Å². The Balaban J connectivity index is 1.93. The summed E-state index contributed by atoms with van der Waals surface area (Å²) >= 11 is 0. The minimum atomic E-state index is -3.62. The van der Waals surface area contributed by atoms with Crippen molar-refractivity contribution in [2.75, 3.05) is 37.4 Å². The van der Waals surface area contributed by atoms with Gasteiger partial charge in [0, 0.05) is 32.7 Å². The van der Waals surface area contributed by atoms with Crippen molar-refractivity contribution in [2.45, 2.75) is 24.2 Å². The van der Waals surface area contributed by atoms with Crippen molar-refractivity contribution >= 4 is 27.3 Å². The van der Waals surface area contributed by atoms with Gasteiger partial charge in [0.25, 0.3) is 5.91 Å². The summed E-state index contributed by atoms with van der Waals surface area (Å²) in [5.74, 6) is -0.865. The van der Waals surface area contributed by atoms with Crippen LogP contribution >= 0.6 is 0 Å². The SMILES string of the molecule is CN(C)c1ccc(S(=O)(=O)N2CCCCC2)cc1NC(=O)c1ccc(F)cc1. The Bertz CT molecular complexity index is 953. The van der Waals surface area contributed by atoms with Gasteiger partial charge >= 0.3 is 0 Å². The standard InChI is InChI=1S/C20H24FN3O3S/c1-23(2)19-11-10-17(28(26,27)24-12-4-3-5-13-24)14-18(19)22-20(25)15-6-8-16(21)9-7-15/h6-11,14H,3-5,12-13H2,1-2H3,(H,22,25). The molecule has 6 nitrogen and oxygen atoms in total. The zero-order valence-corrected chi connectivity index (χ0v) is 16.8. The van der Waals surface area contributed by atoms with E-state index in [0.29, 0.717) is 24.5 Å². The second-order valence-electron chi connectivity index (χ2n) is 7.00. The molecule has 0 atom stereocenters. The topological polar surface area (TPSA) is 69.7 Å². The first-order chi connectivity index (χ1) is 13.3. The number of hydrogen-bond donors (Lipinski definition) is 1. The average molecular weight is 405 g/mol. The van der Waals surface area contributed by atoms with Gasteiger partial charge in [-0.1, -0.05) is 6.42 Å². The summed E-state index contributed by atoms with van der Waals surface area (Å²) in [7, 11) is -0.00464. The average Bonchev–Trinajstić information content (AvgIpc) is 2.69. The molecule has 1 heterocycles. The van der Waals surface area contributed by atoms with Gasteiger partial charge in [-0.3, -0.25) is 4.79 Å². The van der Waals surface area contributed by atoms with Crippen molar-refractivity contribution in [2.24, 2.45) is 0 Å². The highest BCUT2D eigenvalue weighted by Crippen LogP contribution is 2.30. The van der Waals surface area contributed by atoms with Crippen LogP contribution in [0.25, 0.3) is 0 Å². The van der Waals surface area contributed by atoms with E-state index >= 15 is 0 Å². The lowest BCUT2D eigenvalue weighted by Gasteiger charge is -2.26. The summed E-state index contributed by atoms with van der Waals surface area (Å²) in [4.78, 5) is 14.5. The monoisotopic (exact) mass is 405 g/mol. The van der Waals surface area contributed by atoms with Crippen molar-refractivity contribution < 1.29 is 17.6 Å². The Labute approximate surface area is 165 Å². The van der Waals surface area contributed by atoms with E-state index in [4.69, 9.17) is 0 Å². The Kier molecular flexibility index (Phi) is 6.00. The molecular weight excluding hydrogens is 381 g/mol. The predicted octanol–water partition coefficient (Wildman–Crippen LogP) is 3.32. The van der Waals surface area contributed by atoms with Gasteiger partial charge in [0.1, 0.15) is 5.82 Å². The van der Waals surface area contributed by atoms with Crippen LogP contribution in [-0.2, 0) is 10.0 Å². The number of nitrogens with one attached hydrogen (secondary N) is 1. The van der Waals surface area contributed by atoms with E-state index in [9.17, 15) is 17.6 Å². The number of halogens is 1. The zero-order chi connectivity index (χ0) is 20.3. The second kappa shape index (κ2) is 8.28. The summed E-state index contributed by atoms with van der Waals surface area (Å²) < 4.78 is 40.5. The van der Waals surface area contributed by atoms with Gasteiger partial charge < -0.3 is 10.2 Å². The van der Waals surface area contributed by atoms with Gasteiger partial charge in [-0.25, -0.2) is 12.8 Å². The third kappa shape index (κ3) is 4.34. The van der Waals surface area contributed by atoms with Crippen molar-refractivity contribution in [3.8, 4) is 0 Å². The van der Waals surface area contributed by atoms with Crippen LogP contribution < -0.4 is 10.2 Å². The number of sulfonamides is 1. The van der Waals surface area contributed by atoms with Crippen molar-refractivity contribution in [1.82, 2.24) is 4.31 Å². The number of carbonyl (C=O) groups is 1. The normalized spacial score (nSPS) is 15.2. The van der Waals surface area contributed by atoms with Gasteiger partial charge in [-0.2, -0.15) is 4.31 Å². The molecule has 8 heteroatoms. The Hall–Kier alpha value is -2.45. The first kappa shape index (κ1) is 20.3. The van der Waals surface area contributed by atoms with Gasteiger partial charge in [0.15, 0.2) is 0 Å². The fraction of sp³-hybridized carbons (Fsp3) is 0.350. The molecule has 0 unspecified atom stereocenters. The molecule has 0 bridgehead atoms. The fourth-order valence-electron chi connectivity index (χ4n) is 3.22. The van der Waals surface area contributed by atoms with E-state index in [2.05, 4.69) is 5.32 Å². The molecule has 0 spiro atoms. The Morgan fingerprint density at radius 3 is 2.29 bits per heavy atom. The summed E-state index contributed by atoms with van der Waals surface area (Å²) in [6.45, 7) is 1.02. The predicted molar refractivity (Wildman–Crippen MR) is 108 cm³/mol. The Morgan fingerprint density at radius 2 is 1.68 bits per heavy atom. The van der Waals surface area contributed by atoms with Crippen LogP contribution in [-0.4, -0.2) is 45.8 Å². The molecule has 1 aliphatic heterocycles. The van der Waals surface area contributed by atoms with E-state index in [0.717, 1.165) is 19.3 Å². The van der Waals surface area contributed by atoms with Gasteiger partial charge in [0.05, 0.1) is 16.3 Å². The number of carbonyl (C=O) groups excluding carboxylic acids is 1. The summed E-state index contributed by atoms with van der Waals surface area (Å²) in [5.41, 5.74) is 1.35. The van der Waals surface area contributed by atoms with Crippen molar-refractivity contribution in [1.29, 1.82) is 0 Å². The third-order valence-electron chi connectivity index (χ3n) is 4.76. The molecule has 0 aromatic heterocycles.